The highest BCUT2D eigenvalue weighted by atomic mass is 35.5. The summed E-state index contributed by atoms with van der Waals surface area (Å²) in [5.74, 6) is 1.08. The van der Waals surface area contributed by atoms with Gasteiger partial charge in [-0.1, -0.05) is 81.2 Å². The molecule has 3 rings (SSSR count). The molecule has 0 amide bonds. The van der Waals surface area contributed by atoms with Gasteiger partial charge in [0.1, 0.15) is 5.02 Å². The van der Waals surface area contributed by atoms with Crippen molar-refractivity contribution in [3.05, 3.63) is 39.7 Å². The lowest BCUT2D eigenvalue weighted by atomic mass is 9.86. The van der Waals surface area contributed by atoms with Crippen LogP contribution in [0.5, 0.6) is 5.95 Å². The molecule has 1 fully saturated rings. The van der Waals surface area contributed by atoms with E-state index < -0.39 is 5.63 Å². The summed E-state index contributed by atoms with van der Waals surface area (Å²) in [6.07, 6.45) is 11.8. The van der Waals surface area contributed by atoms with Crippen molar-refractivity contribution in [3.8, 4) is 5.95 Å². The lowest BCUT2D eigenvalue weighted by Gasteiger charge is -2.21. The van der Waals surface area contributed by atoms with Gasteiger partial charge in [-0.05, 0) is 18.4 Å². The van der Waals surface area contributed by atoms with E-state index in [0.29, 0.717) is 22.4 Å². The molecule has 1 aromatic carbocycles. The summed E-state index contributed by atoms with van der Waals surface area (Å²) in [6, 6.07) is 7.17. The summed E-state index contributed by atoms with van der Waals surface area (Å²) in [6.45, 7) is 0.533. The SMILES string of the molecule is O=c1oc(OCCCCCC2CCCCC2)c(Cl)c2ccccc12. The Balaban J connectivity index is 1.46. The number of fused-ring (bicyclic) bond motifs is 1. The van der Waals surface area contributed by atoms with Gasteiger partial charge in [-0.3, -0.25) is 0 Å². The molecule has 1 aliphatic rings. The maximum atomic E-state index is 12.0. The Labute approximate surface area is 148 Å². The standard InChI is InChI=1S/C20H25ClO3/c21-18-16-12-6-7-13-17(16)19(22)24-20(18)23-14-8-2-5-11-15-9-3-1-4-10-15/h6-7,12-13,15H,1-5,8-11,14H2. The molecule has 2 aromatic rings. The highest BCUT2D eigenvalue weighted by Crippen LogP contribution is 2.31. The molecule has 0 bridgehead atoms. The minimum atomic E-state index is -0.401. The fourth-order valence-electron chi connectivity index (χ4n) is 3.59. The molecule has 1 saturated carbocycles. The van der Waals surface area contributed by atoms with Crippen molar-refractivity contribution in [1.29, 1.82) is 0 Å². The number of hydrogen-bond donors (Lipinski definition) is 0. The monoisotopic (exact) mass is 348 g/mol. The number of hydrogen-bond acceptors (Lipinski definition) is 3. The van der Waals surface area contributed by atoms with Gasteiger partial charge >= 0.3 is 11.6 Å². The molecular weight excluding hydrogens is 324 g/mol. The van der Waals surface area contributed by atoms with E-state index in [2.05, 4.69) is 0 Å². The molecule has 4 heteroatoms. The number of unbranched alkanes of at least 4 members (excludes halogenated alkanes) is 2. The van der Waals surface area contributed by atoms with Gasteiger partial charge in [-0.15, -0.1) is 0 Å². The number of halogens is 1. The average molecular weight is 349 g/mol. The van der Waals surface area contributed by atoms with Crippen LogP contribution in [0.2, 0.25) is 5.02 Å². The molecule has 24 heavy (non-hydrogen) atoms. The van der Waals surface area contributed by atoms with Gasteiger partial charge in [-0.2, -0.15) is 0 Å². The Morgan fingerprint density at radius 3 is 2.58 bits per heavy atom. The van der Waals surface area contributed by atoms with E-state index in [1.165, 1.54) is 44.9 Å². The second-order valence-electron chi connectivity index (χ2n) is 6.74. The summed E-state index contributed by atoms with van der Waals surface area (Å²) in [4.78, 5) is 12.0. The largest absolute Gasteiger partial charge is 0.464 e. The first-order valence-corrected chi connectivity index (χ1v) is 9.47. The minimum absolute atomic E-state index is 0.146. The van der Waals surface area contributed by atoms with E-state index in [1.807, 2.05) is 12.1 Å². The van der Waals surface area contributed by atoms with Crippen LogP contribution in [0.25, 0.3) is 10.8 Å². The second kappa shape index (κ2) is 8.57. The Bertz CT molecular complexity index is 716. The van der Waals surface area contributed by atoms with Crippen LogP contribution in [0.4, 0.5) is 0 Å². The van der Waals surface area contributed by atoms with Crippen molar-refractivity contribution in [2.45, 2.75) is 57.8 Å². The molecule has 0 aliphatic heterocycles. The quantitative estimate of drug-likeness (QED) is 0.579. The zero-order valence-corrected chi connectivity index (χ0v) is 14.8. The summed E-state index contributed by atoms with van der Waals surface area (Å²) >= 11 is 6.30. The molecule has 0 N–H and O–H groups in total. The zero-order chi connectivity index (χ0) is 16.8. The van der Waals surface area contributed by atoms with Crippen molar-refractivity contribution < 1.29 is 9.15 Å². The molecular formula is C20H25ClO3. The van der Waals surface area contributed by atoms with Crippen molar-refractivity contribution in [1.82, 2.24) is 0 Å². The first-order valence-electron chi connectivity index (χ1n) is 9.10. The van der Waals surface area contributed by atoms with E-state index >= 15 is 0 Å². The van der Waals surface area contributed by atoms with Gasteiger partial charge < -0.3 is 9.15 Å². The van der Waals surface area contributed by atoms with Crippen LogP contribution in [0.15, 0.2) is 33.5 Å². The maximum Gasteiger partial charge on any atom is 0.346 e. The molecule has 0 spiro atoms. The molecule has 0 radical (unpaired) electrons. The highest BCUT2D eigenvalue weighted by Gasteiger charge is 2.14. The minimum Gasteiger partial charge on any atom is -0.464 e. The predicted molar refractivity (Wildman–Crippen MR) is 98.0 cm³/mol. The zero-order valence-electron chi connectivity index (χ0n) is 14.1. The Morgan fingerprint density at radius 2 is 1.79 bits per heavy atom. The van der Waals surface area contributed by atoms with E-state index in [1.54, 1.807) is 12.1 Å². The third-order valence-electron chi connectivity index (χ3n) is 4.96. The van der Waals surface area contributed by atoms with E-state index in [-0.39, 0.29) is 5.95 Å². The van der Waals surface area contributed by atoms with Crippen molar-refractivity contribution in [3.63, 3.8) is 0 Å². The van der Waals surface area contributed by atoms with Crippen LogP contribution in [-0.4, -0.2) is 6.61 Å². The average Bonchev–Trinajstić information content (AvgIpc) is 2.63. The van der Waals surface area contributed by atoms with E-state index in [0.717, 1.165) is 18.8 Å². The smallest absolute Gasteiger partial charge is 0.346 e. The maximum absolute atomic E-state index is 12.0. The van der Waals surface area contributed by atoms with Gasteiger partial charge in [-0.25, -0.2) is 4.79 Å². The highest BCUT2D eigenvalue weighted by molar-refractivity contribution is 6.36. The first kappa shape index (κ1) is 17.3. The van der Waals surface area contributed by atoms with Crippen LogP contribution >= 0.6 is 11.6 Å². The van der Waals surface area contributed by atoms with Gasteiger partial charge in [0.2, 0.25) is 0 Å². The summed E-state index contributed by atoms with van der Waals surface area (Å²) in [7, 11) is 0. The van der Waals surface area contributed by atoms with E-state index in [9.17, 15) is 4.79 Å². The predicted octanol–water partition coefficient (Wildman–Crippen LogP) is 5.97. The normalized spacial score (nSPS) is 15.7. The molecule has 130 valence electrons. The van der Waals surface area contributed by atoms with Crippen LogP contribution in [0.1, 0.15) is 57.8 Å². The summed E-state index contributed by atoms with van der Waals surface area (Å²) in [5.41, 5.74) is -0.401. The van der Waals surface area contributed by atoms with Crippen LogP contribution < -0.4 is 10.4 Å². The fraction of sp³-hybridized carbons (Fsp3) is 0.550. The first-order chi connectivity index (χ1) is 11.8. The van der Waals surface area contributed by atoms with Gasteiger partial charge in [0, 0.05) is 5.39 Å². The van der Waals surface area contributed by atoms with E-state index in [4.69, 9.17) is 20.8 Å². The fourth-order valence-corrected chi connectivity index (χ4v) is 3.85. The topological polar surface area (TPSA) is 39.4 Å². The van der Waals surface area contributed by atoms with Gasteiger partial charge in [0.05, 0.1) is 12.0 Å². The molecule has 3 nitrogen and oxygen atoms in total. The molecule has 0 saturated heterocycles. The van der Waals surface area contributed by atoms with Crippen LogP contribution in [-0.2, 0) is 0 Å². The van der Waals surface area contributed by atoms with Gasteiger partial charge in [0.15, 0.2) is 0 Å². The van der Waals surface area contributed by atoms with Gasteiger partial charge in [0.25, 0.3) is 0 Å². The lowest BCUT2D eigenvalue weighted by molar-refractivity contribution is 0.224. The molecule has 1 aromatic heterocycles. The Kier molecular flexibility index (Phi) is 6.19. The lowest BCUT2D eigenvalue weighted by Crippen LogP contribution is -2.07. The molecule has 0 atom stereocenters. The molecule has 1 heterocycles. The van der Waals surface area contributed by atoms with Crippen molar-refractivity contribution in [2.24, 2.45) is 5.92 Å². The van der Waals surface area contributed by atoms with Crippen molar-refractivity contribution in [2.75, 3.05) is 6.61 Å². The third kappa shape index (κ3) is 4.32. The third-order valence-corrected chi connectivity index (χ3v) is 5.32. The number of rotatable bonds is 7. The number of ether oxygens (including phenoxy) is 1. The molecule has 0 unspecified atom stereocenters. The second-order valence-corrected chi connectivity index (χ2v) is 7.12. The Morgan fingerprint density at radius 1 is 1.04 bits per heavy atom. The molecule has 1 aliphatic carbocycles. The summed E-state index contributed by atoms with van der Waals surface area (Å²) < 4.78 is 10.8. The number of benzene rings is 1. The van der Waals surface area contributed by atoms with Crippen molar-refractivity contribution >= 4 is 22.4 Å². The van der Waals surface area contributed by atoms with Crippen LogP contribution in [0, 0.1) is 5.92 Å². The summed E-state index contributed by atoms with van der Waals surface area (Å²) in [5, 5.41) is 1.55. The Hall–Kier alpha value is -1.48. The van der Waals surface area contributed by atoms with Crippen LogP contribution in [0.3, 0.4) is 0 Å².